The Balaban J connectivity index is 1.87. The molecular formula is C14H20N4O. The Labute approximate surface area is 113 Å². The average Bonchev–Trinajstić information content (AvgIpc) is 2.82. The molecule has 5 heteroatoms. The van der Waals surface area contributed by atoms with Crippen LogP contribution in [0.1, 0.15) is 44.2 Å². The summed E-state index contributed by atoms with van der Waals surface area (Å²) in [6.45, 7) is 0.546. The van der Waals surface area contributed by atoms with E-state index >= 15 is 0 Å². The molecule has 0 unspecified atom stereocenters. The van der Waals surface area contributed by atoms with Gasteiger partial charge in [-0.1, -0.05) is 25.7 Å². The van der Waals surface area contributed by atoms with Crippen LogP contribution in [0.3, 0.4) is 0 Å². The standard InChI is InChI=1S/C14H20N4O/c15-10-14(6-3-1-2-4-7-14)13(19)17-8-5-12-9-16-11-18-12/h9,11H,1-8H2,(H,16,18)(H,17,19). The summed E-state index contributed by atoms with van der Waals surface area (Å²) in [5.74, 6) is -0.101. The minimum Gasteiger partial charge on any atom is -0.354 e. The van der Waals surface area contributed by atoms with E-state index in [0.29, 0.717) is 25.8 Å². The number of aromatic amines is 1. The van der Waals surface area contributed by atoms with E-state index in [-0.39, 0.29) is 5.91 Å². The first kappa shape index (κ1) is 13.6. The summed E-state index contributed by atoms with van der Waals surface area (Å²) in [5.41, 5.74) is 0.192. The van der Waals surface area contributed by atoms with Crippen molar-refractivity contribution in [3.05, 3.63) is 18.2 Å². The van der Waals surface area contributed by atoms with Gasteiger partial charge in [0.25, 0.3) is 0 Å². The highest BCUT2D eigenvalue weighted by Gasteiger charge is 2.38. The number of H-pyrrole nitrogens is 1. The van der Waals surface area contributed by atoms with Crippen molar-refractivity contribution in [2.45, 2.75) is 44.9 Å². The quantitative estimate of drug-likeness (QED) is 0.812. The van der Waals surface area contributed by atoms with Crippen LogP contribution in [0, 0.1) is 16.7 Å². The third-order valence-corrected chi connectivity index (χ3v) is 3.84. The van der Waals surface area contributed by atoms with Gasteiger partial charge in [0.1, 0.15) is 5.41 Å². The molecule has 1 aromatic heterocycles. The van der Waals surface area contributed by atoms with Crippen molar-refractivity contribution in [3.8, 4) is 6.07 Å². The fourth-order valence-electron chi connectivity index (χ4n) is 2.62. The van der Waals surface area contributed by atoms with Crippen LogP contribution >= 0.6 is 0 Å². The van der Waals surface area contributed by atoms with Gasteiger partial charge in [0, 0.05) is 24.9 Å². The van der Waals surface area contributed by atoms with Crippen LogP contribution in [0.25, 0.3) is 0 Å². The van der Waals surface area contributed by atoms with Gasteiger partial charge < -0.3 is 10.3 Å². The third kappa shape index (κ3) is 3.34. The Morgan fingerprint density at radius 1 is 1.42 bits per heavy atom. The lowest BCUT2D eigenvalue weighted by molar-refractivity contribution is -0.128. The maximum atomic E-state index is 12.3. The van der Waals surface area contributed by atoms with Crippen molar-refractivity contribution in [2.24, 2.45) is 5.41 Å². The number of hydrogen-bond acceptors (Lipinski definition) is 3. The normalized spacial score (nSPS) is 18.3. The molecule has 19 heavy (non-hydrogen) atoms. The molecule has 2 rings (SSSR count). The number of carbonyl (C=O) groups is 1. The Morgan fingerprint density at radius 3 is 2.74 bits per heavy atom. The summed E-state index contributed by atoms with van der Waals surface area (Å²) in [6, 6.07) is 2.27. The van der Waals surface area contributed by atoms with Crippen molar-refractivity contribution in [1.82, 2.24) is 15.3 Å². The van der Waals surface area contributed by atoms with Gasteiger partial charge in [0.05, 0.1) is 12.4 Å². The predicted octanol–water partition coefficient (Wildman–Crippen LogP) is 1.93. The van der Waals surface area contributed by atoms with Gasteiger partial charge >= 0.3 is 0 Å². The smallest absolute Gasteiger partial charge is 0.240 e. The van der Waals surface area contributed by atoms with Crippen molar-refractivity contribution in [3.63, 3.8) is 0 Å². The topological polar surface area (TPSA) is 81.6 Å². The maximum Gasteiger partial charge on any atom is 0.240 e. The molecule has 5 nitrogen and oxygen atoms in total. The zero-order valence-corrected chi connectivity index (χ0v) is 11.1. The van der Waals surface area contributed by atoms with Crippen molar-refractivity contribution < 1.29 is 4.79 Å². The number of imidazole rings is 1. The minimum absolute atomic E-state index is 0.101. The Morgan fingerprint density at radius 2 is 2.16 bits per heavy atom. The van der Waals surface area contributed by atoms with Crippen molar-refractivity contribution in [2.75, 3.05) is 6.54 Å². The Bertz CT molecular complexity index is 439. The van der Waals surface area contributed by atoms with Gasteiger partial charge in [0.2, 0.25) is 5.91 Å². The molecule has 1 fully saturated rings. The van der Waals surface area contributed by atoms with E-state index in [4.69, 9.17) is 0 Å². The Hall–Kier alpha value is -1.83. The monoisotopic (exact) mass is 260 g/mol. The summed E-state index contributed by atoms with van der Waals surface area (Å²) in [4.78, 5) is 19.2. The van der Waals surface area contributed by atoms with Crippen LogP contribution in [-0.4, -0.2) is 22.4 Å². The summed E-state index contributed by atoms with van der Waals surface area (Å²) in [6.07, 6.45) is 9.68. The zero-order chi connectivity index (χ0) is 13.6. The highest BCUT2D eigenvalue weighted by molar-refractivity contribution is 5.85. The molecule has 1 saturated carbocycles. The number of nitrogens with one attached hydrogen (secondary N) is 2. The number of hydrogen-bond donors (Lipinski definition) is 2. The summed E-state index contributed by atoms with van der Waals surface area (Å²) >= 11 is 0. The van der Waals surface area contributed by atoms with E-state index in [9.17, 15) is 10.1 Å². The first-order valence-corrected chi connectivity index (χ1v) is 6.94. The second kappa shape index (κ2) is 6.37. The molecule has 1 amide bonds. The van der Waals surface area contributed by atoms with E-state index in [1.807, 2.05) is 0 Å². The zero-order valence-electron chi connectivity index (χ0n) is 11.1. The van der Waals surface area contributed by atoms with Gasteiger partial charge in [-0.2, -0.15) is 5.26 Å². The number of nitrogens with zero attached hydrogens (tertiary/aromatic N) is 2. The highest BCUT2D eigenvalue weighted by Crippen LogP contribution is 2.34. The van der Waals surface area contributed by atoms with Crippen LogP contribution in [-0.2, 0) is 11.2 Å². The lowest BCUT2D eigenvalue weighted by Gasteiger charge is -2.23. The number of carbonyl (C=O) groups excluding carboxylic acids is 1. The molecule has 1 heterocycles. The Kier molecular flexibility index (Phi) is 4.56. The van der Waals surface area contributed by atoms with Crippen LogP contribution in [0.15, 0.2) is 12.5 Å². The molecule has 0 aromatic carbocycles. The van der Waals surface area contributed by atoms with E-state index in [2.05, 4.69) is 21.4 Å². The molecule has 1 aliphatic rings. The summed E-state index contributed by atoms with van der Waals surface area (Å²) in [5, 5.41) is 12.3. The van der Waals surface area contributed by atoms with E-state index < -0.39 is 5.41 Å². The molecule has 0 aliphatic heterocycles. The first-order valence-electron chi connectivity index (χ1n) is 6.94. The van der Waals surface area contributed by atoms with Gasteiger partial charge in [-0.25, -0.2) is 4.98 Å². The predicted molar refractivity (Wildman–Crippen MR) is 71.0 cm³/mol. The molecule has 0 bridgehead atoms. The van der Waals surface area contributed by atoms with E-state index in [1.165, 1.54) is 0 Å². The molecule has 1 aliphatic carbocycles. The number of aromatic nitrogens is 2. The van der Waals surface area contributed by atoms with Crippen LogP contribution in [0.5, 0.6) is 0 Å². The molecular weight excluding hydrogens is 240 g/mol. The summed E-state index contributed by atoms with van der Waals surface area (Å²) < 4.78 is 0. The van der Waals surface area contributed by atoms with Crippen molar-refractivity contribution >= 4 is 5.91 Å². The molecule has 0 saturated heterocycles. The maximum absolute atomic E-state index is 12.3. The fraction of sp³-hybridized carbons (Fsp3) is 0.643. The van der Waals surface area contributed by atoms with E-state index in [0.717, 1.165) is 31.4 Å². The molecule has 0 radical (unpaired) electrons. The summed E-state index contributed by atoms with van der Waals surface area (Å²) in [7, 11) is 0. The second-order valence-electron chi connectivity index (χ2n) is 5.19. The fourth-order valence-corrected chi connectivity index (χ4v) is 2.62. The number of amides is 1. The van der Waals surface area contributed by atoms with Crippen LogP contribution in [0.2, 0.25) is 0 Å². The minimum atomic E-state index is -0.801. The molecule has 1 aromatic rings. The molecule has 0 spiro atoms. The average molecular weight is 260 g/mol. The van der Waals surface area contributed by atoms with E-state index in [1.54, 1.807) is 12.5 Å². The van der Waals surface area contributed by atoms with Gasteiger partial charge in [-0.3, -0.25) is 4.79 Å². The highest BCUT2D eigenvalue weighted by atomic mass is 16.2. The molecule has 102 valence electrons. The largest absolute Gasteiger partial charge is 0.354 e. The van der Waals surface area contributed by atoms with Crippen LogP contribution < -0.4 is 5.32 Å². The second-order valence-corrected chi connectivity index (χ2v) is 5.19. The first-order chi connectivity index (χ1) is 9.27. The van der Waals surface area contributed by atoms with Crippen molar-refractivity contribution in [1.29, 1.82) is 5.26 Å². The third-order valence-electron chi connectivity index (χ3n) is 3.84. The number of rotatable bonds is 4. The lowest BCUT2D eigenvalue weighted by atomic mass is 9.81. The molecule has 0 atom stereocenters. The number of nitriles is 1. The van der Waals surface area contributed by atoms with Gasteiger partial charge in [-0.15, -0.1) is 0 Å². The lowest BCUT2D eigenvalue weighted by Crippen LogP contribution is -2.40. The molecule has 2 N–H and O–H groups in total. The van der Waals surface area contributed by atoms with Crippen LogP contribution in [0.4, 0.5) is 0 Å². The SMILES string of the molecule is N#CC1(C(=O)NCCc2cnc[nH]2)CCCCCC1. The van der Waals surface area contributed by atoms with Gasteiger partial charge in [0.15, 0.2) is 0 Å². The van der Waals surface area contributed by atoms with Gasteiger partial charge in [-0.05, 0) is 12.8 Å².